The molecule has 3 fully saturated rings. The topological polar surface area (TPSA) is 97.0 Å². The number of aromatic nitrogens is 2. The fraction of sp³-hybridized carbons (Fsp3) is 0.645. The minimum atomic E-state index is -0.749. The number of H-pyrrole nitrogens is 1. The van der Waals surface area contributed by atoms with Gasteiger partial charge in [0, 0.05) is 43.9 Å². The number of amides is 2. The first-order chi connectivity index (χ1) is 19.4. The predicted molar refractivity (Wildman–Crippen MR) is 150 cm³/mol. The highest BCUT2D eigenvalue weighted by Crippen LogP contribution is 2.50. The van der Waals surface area contributed by atoms with E-state index in [1.807, 2.05) is 34.6 Å². The van der Waals surface area contributed by atoms with Crippen molar-refractivity contribution in [1.82, 2.24) is 19.8 Å². The molecule has 9 nitrogen and oxygen atoms in total. The lowest BCUT2D eigenvalue weighted by atomic mass is 9.82. The molecule has 6 rings (SSSR count). The molecular weight excluding hydrogens is 527 g/mol. The second kappa shape index (κ2) is 9.91. The van der Waals surface area contributed by atoms with Gasteiger partial charge < -0.3 is 29.0 Å². The van der Waals surface area contributed by atoms with Gasteiger partial charge in [0.1, 0.15) is 28.7 Å². The first-order valence-corrected chi connectivity index (χ1v) is 14.9. The van der Waals surface area contributed by atoms with E-state index in [0.29, 0.717) is 74.8 Å². The normalized spacial score (nSPS) is 22.9. The molecule has 4 aliphatic rings. The molecule has 222 valence electrons. The average Bonchev–Trinajstić information content (AvgIpc) is 3.61. The molecule has 1 unspecified atom stereocenters. The van der Waals surface area contributed by atoms with Crippen molar-refractivity contribution in [2.24, 2.45) is 5.92 Å². The summed E-state index contributed by atoms with van der Waals surface area (Å²) in [5.74, 6) is 1.42. The molecule has 10 heteroatoms. The minimum Gasteiger partial charge on any atom is -0.480 e. The van der Waals surface area contributed by atoms with Crippen molar-refractivity contribution in [3.63, 3.8) is 0 Å². The minimum absolute atomic E-state index is 0.0408. The molecule has 1 aromatic heterocycles. The summed E-state index contributed by atoms with van der Waals surface area (Å²) in [5, 5.41) is 0. The second-order valence-electron chi connectivity index (χ2n) is 13.7. The van der Waals surface area contributed by atoms with Gasteiger partial charge in [-0.1, -0.05) is 6.07 Å². The number of ether oxygens (including phenoxy) is 3. The van der Waals surface area contributed by atoms with Gasteiger partial charge in [-0.05, 0) is 78.4 Å². The molecule has 1 spiro atoms. The zero-order valence-corrected chi connectivity index (χ0v) is 24.7. The molecule has 0 radical (unpaired) electrons. The van der Waals surface area contributed by atoms with Crippen molar-refractivity contribution in [3.8, 4) is 17.0 Å². The van der Waals surface area contributed by atoms with Gasteiger partial charge in [-0.25, -0.2) is 19.0 Å². The van der Waals surface area contributed by atoms with E-state index < -0.39 is 16.7 Å². The van der Waals surface area contributed by atoms with Crippen LogP contribution in [0.4, 0.5) is 14.0 Å². The molecule has 1 aromatic carbocycles. The Hall–Kier alpha value is -3.30. The summed E-state index contributed by atoms with van der Waals surface area (Å²) in [4.78, 5) is 37.7. The van der Waals surface area contributed by atoms with Crippen LogP contribution in [0.1, 0.15) is 90.6 Å². The summed E-state index contributed by atoms with van der Waals surface area (Å²) in [7, 11) is 0. The fourth-order valence-corrected chi connectivity index (χ4v) is 6.44. The lowest BCUT2D eigenvalue weighted by Crippen LogP contribution is -2.53. The molecular formula is C31H41FN4O5. The van der Waals surface area contributed by atoms with E-state index in [1.54, 1.807) is 21.9 Å². The average molecular weight is 569 g/mol. The van der Waals surface area contributed by atoms with Crippen molar-refractivity contribution in [1.29, 1.82) is 0 Å². The molecule has 4 heterocycles. The van der Waals surface area contributed by atoms with E-state index in [9.17, 15) is 9.59 Å². The highest BCUT2D eigenvalue weighted by Gasteiger charge is 2.49. The number of benzene rings is 1. The van der Waals surface area contributed by atoms with Crippen molar-refractivity contribution in [2.45, 2.75) is 95.8 Å². The van der Waals surface area contributed by atoms with E-state index in [1.165, 1.54) is 6.07 Å². The molecule has 2 amide bonds. The number of carbonyl (C=O) groups is 2. The van der Waals surface area contributed by atoms with Crippen LogP contribution in [-0.4, -0.2) is 69.3 Å². The van der Waals surface area contributed by atoms with Gasteiger partial charge in [-0.3, -0.25) is 0 Å². The van der Waals surface area contributed by atoms with Crippen LogP contribution in [0.2, 0.25) is 0 Å². The van der Waals surface area contributed by atoms with Gasteiger partial charge in [0.15, 0.2) is 5.60 Å². The molecule has 1 aliphatic carbocycles. The number of piperidine rings is 2. The van der Waals surface area contributed by atoms with E-state index in [4.69, 9.17) is 19.2 Å². The zero-order chi connectivity index (χ0) is 29.2. The quantitative estimate of drug-likeness (QED) is 0.464. The highest BCUT2D eigenvalue weighted by molar-refractivity contribution is 5.74. The number of fused-ring (bicyclic) bond motifs is 4. The number of nitrogens with one attached hydrogen (secondary N) is 1. The van der Waals surface area contributed by atoms with Gasteiger partial charge >= 0.3 is 12.2 Å². The maximum Gasteiger partial charge on any atom is 0.410 e. The highest BCUT2D eigenvalue weighted by atomic mass is 19.1. The number of likely N-dealkylation sites (tertiary alicyclic amines) is 2. The van der Waals surface area contributed by atoms with Crippen LogP contribution in [0.3, 0.4) is 0 Å². The molecule has 1 saturated carbocycles. The number of carbonyl (C=O) groups excluding carboxylic acids is 2. The smallest absolute Gasteiger partial charge is 0.410 e. The van der Waals surface area contributed by atoms with Crippen molar-refractivity contribution in [3.05, 3.63) is 35.5 Å². The van der Waals surface area contributed by atoms with Crippen LogP contribution in [0.15, 0.2) is 18.2 Å². The van der Waals surface area contributed by atoms with Gasteiger partial charge in [0.05, 0.1) is 17.9 Å². The number of halogens is 1. The lowest BCUT2D eigenvalue weighted by Gasteiger charge is -2.45. The molecule has 2 saturated heterocycles. The van der Waals surface area contributed by atoms with Crippen LogP contribution in [0.25, 0.3) is 11.3 Å². The van der Waals surface area contributed by atoms with Crippen LogP contribution in [0.5, 0.6) is 5.75 Å². The Morgan fingerprint density at radius 3 is 2.51 bits per heavy atom. The van der Waals surface area contributed by atoms with Crippen LogP contribution >= 0.6 is 0 Å². The Balaban J connectivity index is 1.25. The summed E-state index contributed by atoms with van der Waals surface area (Å²) in [5.41, 5.74) is -0.0599. The van der Waals surface area contributed by atoms with Crippen molar-refractivity contribution < 1.29 is 28.2 Å². The number of rotatable bonds is 3. The van der Waals surface area contributed by atoms with Gasteiger partial charge in [-0.2, -0.15) is 0 Å². The SMILES string of the molecule is CC(C)(C)OC(=O)N1CCC(c2nc3c([nH]2)C2(CCN(C(=O)OCC4CC4)CC2)Oc2cccc(F)c2-3)CC1(C)C. The van der Waals surface area contributed by atoms with Crippen molar-refractivity contribution in [2.75, 3.05) is 26.2 Å². The van der Waals surface area contributed by atoms with Crippen molar-refractivity contribution >= 4 is 12.2 Å². The Morgan fingerprint density at radius 1 is 1.12 bits per heavy atom. The Bertz CT molecular complexity index is 1340. The number of nitrogens with zero attached hydrogens (tertiary/aromatic N) is 3. The van der Waals surface area contributed by atoms with Gasteiger partial charge in [-0.15, -0.1) is 0 Å². The van der Waals surface area contributed by atoms with E-state index in [-0.39, 0.29) is 23.9 Å². The van der Waals surface area contributed by atoms with E-state index >= 15 is 4.39 Å². The molecule has 2 aromatic rings. The summed E-state index contributed by atoms with van der Waals surface area (Å²) >= 11 is 0. The third kappa shape index (κ3) is 5.37. The summed E-state index contributed by atoms with van der Waals surface area (Å²) in [6.07, 6.45) is 4.12. The summed E-state index contributed by atoms with van der Waals surface area (Å²) in [6.45, 7) is 11.7. The number of aromatic amines is 1. The summed E-state index contributed by atoms with van der Waals surface area (Å²) in [6, 6.07) is 4.87. The fourth-order valence-electron chi connectivity index (χ4n) is 6.44. The first-order valence-electron chi connectivity index (χ1n) is 14.9. The lowest BCUT2D eigenvalue weighted by molar-refractivity contribution is -0.0101. The standard InChI is InChI=1S/C31H41FN4O5/c1-29(2,3)41-28(38)36-14-11-20(17-30(36,4)5)26-33-24-23-21(32)7-6-8-22(23)40-31(25(24)34-26)12-15-35(16-13-31)27(37)39-18-19-9-10-19/h6-8,19-20H,9-18H2,1-5H3,(H,33,34). The third-order valence-electron chi connectivity index (χ3n) is 8.84. The summed E-state index contributed by atoms with van der Waals surface area (Å²) < 4.78 is 33.0. The maximum absolute atomic E-state index is 15.2. The third-order valence-corrected chi connectivity index (χ3v) is 8.84. The molecule has 1 N–H and O–H groups in total. The number of hydrogen-bond acceptors (Lipinski definition) is 6. The first kappa shape index (κ1) is 27.8. The molecule has 41 heavy (non-hydrogen) atoms. The Labute approximate surface area is 240 Å². The zero-order valence-electron chi connectivity index (χ0n) is 24.7. The number of hydrogen-bond donors (Lipinski definition) is 1. The molecule has 1 atom stereocenters. The Morgan fingerprint density at radius 2 is 1.85 bits per heavy atom. The van der Waals surface area contributed by atoms with Crippen LogP contribution in [-0.2, 0) is 15.1 Å². The molecule has 3 aliphatic heterocycles. The van der Waals surface area contributed by atoms with Crippen LogP contribution in [0, 0.1) is 11.7 Å². The monoisotopic (exact) mass is 568 g/mol. The van der Waals surface area contributed by atoms with E-state index in [0.717, 1.165) is 24.4 Å². The van der Waals surface area contributed by atoms with Crippen LogP contribution < -0.4 is 4.74 Å². The maximum atomic E-state index is 15.2. The second-order valence-corrected chi connectivity index (χ2v) is 13.7. The molecule has 0 bridgehead atoms. The Kier molecular flexibility index (Phi) is 6.73. The van der Waals surface area contributed by atoms with E-state index in [2.05, 4.69) is 4.98 Å². The van der Waals surface area contributed by atoms with Gasteiger partial charge in [0.2, 0.25) is 0 Å². The largest absolute Gasteiger partial charge is 0.480 e. The van der Waals surface area contributed by atoms with Gasteiger partial charge in [0.25, 0.3) is 0 Å². The predicted octanol–water partition coefficient (Wildman–Crippen LogP) is 6.34. The number of imidazole rings is 1.